The average Bonchev–Trinajstić information content (AvgIpc) is 3.09. The van der Waals surface area contributed by atoms with E-state index in [2.05, 4.69) is 5.32 Å². The second-order valence-corrected chi connectivity index (χ2v) is 4.21. The van der Waals surface area contributed by atoms with Gasteiger partial charge in [-0.2, -0.15) is 5.26 Å². The summed E-state index contributed by atoms with van der Waals surface area (Å²) in [5.41, 5.74) is 4.94. The maximum absolute atomic E-state index is 11.7. The Balaban J connectivity index is 2.26. The van der Waals surface area contributed by atoms with Crippen LogP contribution < -0.4 is 11.1 Å². The highest BCUT2D eigenvalue weighted by Crippen LogP contribution is 2.34. The van der Waals surface area contributed by atoms with Gasteiger partial charge in [-0.3, -0.25) is 14.9 Å². The van der Waals surface area contributed by atoms with Crippen LogP contribution in [0.4, 0.5) is 11.4 Å². The molecule has 0 bridgehead atoms. The highest BCUT2D eigenvalue weighted by Gasteiger charge is 2.46. The summed E-state index contributed by atoms with van der Waals surface area (Å²) in [6.45, 7) is 0. The van der Waals surface area contributed by atoms with Crippen LogP contribution in [0.2, 0.25) is 0 Å². The number of hydrogen-bond acceptors (Lipinski definition) is 5. The summed E-state index contributed by atoms with van der Waals surface area (Å²) < 4.78 is 0. The number of carbonyl (C=O) groups excluding carboxylic acids is 1. The van der Waals surface area contributed by atoms with Crippen LogP contribution in [0.5, 0.6) is 0 Å². The molecule has 7 nitrogen and oxygen atoms in total. The molecule has 1 aliphatic rings. The molecule has 92 valence electrons. The maximum atomic E-state index is 11.7. The number of carbonyl (C=O) groups is 1. The van der Waals surface area contributed by atoms with Gasteiger partial charge in [0.1, 0.15) is 6.07 Å². The van der Waals surface area contributed by atoms with Crippen molar-refractivity contribution >= 4 is 17.3 Å². The lowest BCUT2D eigenvalue weighted by atomic mass is 10.1. The summed E-state index contributed by atoms with van der Waals surface area (Å²) in [5.74, 6) is -0.368. The first-order chi connectivity index (χ1) is 8.46. The topological polar surface area (TPSA) is 122 Å². The van der Waals surface area contributed by atoms with Crippen LogP contribution in [0, 0.1) is 21.4 Å². The van der Waals surface area contributed by atoms with Gasteiger partial charge in [0.15, 0.2) is 0 Å². The lowest BCUT2D eigenvalue weighted by Crippen LogP contribution is -2.38. The fourth-order valence-corrected chi connectivity index (χ4v) is 1.46. The number of non-ortho nitro benzene ring substituents is 1. The van der Waals surface area contributed by atoms with E-state index in [4.69, 9.17) is 11.0 Å². The minimum atomic E-state index is -0.853. The highest BCUT2D eigenvalue weighted by molar-refractivity contribution is 6.00. The summed E-state index contributed by atoms with van der Waals surface area (Å²) in [6, 6.07) is 5.49. The monoisotopic (exact) mass is 246 g/mol. The third-order valence-corrected chi connectivity index (χ3v) is 2.82. The second kappa shape index (κ2) is 4.09. The molecule has 7 heteroatoms. The zero-order chi connectivity index (χ0) is 13.3. The molecule has 0 saturated heterocycles. The number of rotatable bonds is 3. The Hall–Kier alpha value is -2.46. The van der Waals surface area contributed by atoms with Gasteiger partial charge in [-0.25, -0.2) is 0 Å². The van der Waals surface area contributed by atoms with Gasteiger partial charge in [-0.05, 0) is 18.9 Å². The van der Waals surface area contributed by atoms with Crippen LogP contribution in [0.15, 0.2) is 18.2 Å². The van der Waals surface area contributed by atoms with E-state index in [-0.39, 0.29) is 22.8 Å². The van der Waals surface area contributed by atoms with E-state index < -0.39 is 10.5 Å². The Bertz CT molecular complexity index is 572. The minimum absolute atomic E-state index is 0.0433. The van der Waals surface area contributed by atoms with E-state index in [9.17, 15) is 14.9 Å². The molecule has 0 spiro atoms. The molecule has 1 fully saturated rings. The van der Waals surface area contributed by atoms with Gasteiger partial charge in [0.2, 0.25) is 5.91 Å². The van der Waals surface area contributed by atoms with Crippen molar-refractivity contribution in [3.05, 3.63) is 33.9 Å². The van der Waals surface area contributed by atoms with Gasteiger partial charge in [-0.15, -0.1) is 0 Å². The number of nitrogens with one attached hydrogen (secondary N) is 1. The van der Waals surface area contributed by atoms with Gasteiger partial charge in [-0.1, -0.05) is 0 Å². The predicted molar refractivity (Wildman–Crippen MR) is 62.6 cm³/mol. The minimum Gasteiger partial charge on any atom is -0.323 e. The number of nitrogens with two attached hydrogens (primary N) is 1. The number of amides is 1. The summed E-state index contributed by atoms with van der Waals surface area (Å²) in [5, 5.41) is 22.0. The molecule has 0 heterocycles. The van der Waals surface area contributed by atoms with Crippen molar-refractivity contribution in [2.45, 2.75) is 18.4 Å². The lowest BCUT2D eigenvalue weighted by Gasteiger charge is -2.10. The third-order valence-electron chi connectivity index (χ3n) is 2.82. The van der Waals surface area contributed by atoms with Crippen LogP contribution in [-0.2, 0) is 4.79 Å². The fourth-order valence-electron chi connectivity index (χ4n) is 1.46. The quantitative estimate of drug-likeness (QED) is 0.605. The van der Waals surface area contributed by atoms with E-state index in [1.807, 2.05) is 6.07 Å². The SMILES string of the molecule is N#Cc1cc([N+](=O)[O-])ccc1NC(=O)C1(N)CC1. The molecule has 0 radical (unpaired) electrons. The summed E-state index contributed by atoms with van der Waals surface area (Å²) in [4.78, 5) is 21.7. The first-order valence-corrected chi connectivity index (χ1v) is 5.25. The van der Waals surface area contributed by atoms with Gasteiger partial charge < -0.3 is 11.1 Å². The Morgan fingerprint density at radius 2 is 2.22 bits per heavy atom. The number of benzene rings is 1. The van der Waals surface area contributed by atoms with Crippen molar-refractivity contribution in [3.63, 3.8) is 0 Å². The number of anilines is 1. The van der Waals surface area contributed by atoms with Crippen LogP contribution in [0.1, 0.15) is 18.4 Å². The highest BCUT2D eigenvalue weighted by atomic mass is 16.6. The molecule has 2 rings (SSSR count). The zero-order valence-electron chi connectivity index (χ0n) is 9.34. The number of nitrogens with zero attached hydrogens (tertiary/aromatic N) is 2. The van der Waals surface area contributed by atoms with Crippen molar-refractivity contribution < 1.29 is 9.72 Å². The van der Waals surface area contributed by atoms with Crippen LogP contribution in [-0.4, -0.2) is 16.4 Å². The third kappa shape index (κ3) is 2.14. The summed E-state index contributed by atoms with van der Waals surface area (Å²) in [7, 11) is 0. The first kappa shape index (κ1) is 12.0. The standard InChI is InChI=1S/C11H10N4O3/c12-6-7-5-8(15(17)18)1-2-9(7)14-10(16)11(13)3-4-11/h1-2,5H,3-4,13H2,(H,14,16). The number of nitriles is 1. The maximum Gasteiger partial charge on any atom is 0.270 e. The summed E-state index contributed by atoms with van der Waals surface area (Å²) in [6.07, 6.45) is 1.21. The van der Waals surface area contributed by atoms with Gasteiger partial charge in [0.25, 0.3) is 5.69 Å². The Kier molecular flexibility index (Phi) is 2.73. The number of nitro groups is 1. The molecule has 18 heavy (non-hydrogen) atoms. The zero-order valence-corrected chi connectivity index (χ0v) is 9.34. The van der Waals surface area contributed by atoms with E-state index in [0.29, 0.717) is 12.8 Å². The molecule has 3 N–H and O–H groups in total. The predicted octanol–water partition coefficient (Wildman–Crippen LogP) is 0.896. The van der Waals surface area contributed by atoms with E-state index in [1.54, 1.807) is 0 Å². The second-order valence-electron chi connectivity index (χ2n) is 4.21. The van der Waals surface area contributed by atoms with Crippen LogP contribution in [0.25, 0.3) is 0 Å². The largest absolute Gasteiger partial charge is 0.323 e. The summed E-state index contributed by atoms with van der Waals surface area (Å²) >= 11 is 0. The van der Waals surface area contributed by atoms with Crippen molar-refractivity contribution in [1.82, 2.24) is 0 Å². The molecule has 1 aromatic carbocycles. The molecule has 1 aromatic rings. The van der Waals surface area contributed by atoms with Crippen molar-refractivity contribution in [2.24, 2.45) is 5.73 Å². The van der Waals surface area contributed by atoms with E-state index in [1.165, 1.54) is 12.1 Å². The lowest BCUT2D eigenvalue weighted by molar-refractivity contribution is -0.384. The Morgan fingerprint density at radius 3 is 2.72 bits per heavy atom. The van der Waals surface area contributed by atoms with Crippen LogP contribution >= 0.6 is 0 Å². The molecule has 0 unspecified atom stereocenters. The van der Waals surface area contributed by atoms with Crippen molar-refractivity contribution in [2.75, 3.05) is 5.32 Å². The van der Waals surface area contributed by atoms with Crippen molar-refractivity contribution in [3.8, 4) is 6.07 Å². The number of nitro benzene ring substituents is 1. The smallest absolute Gasteiger partial charge is 0.270 e. The van der Waals surface area contributed by atoms with Gasteiger partial charge in [0.05, 0.1) is 21.7 Å². The Labute approximate surface area is 102 Å². The Morgan fingerprint density at radius 1 is 1.56 bits per heavy atom. The molecule has 0 aromatic heterocycles. The molecule has 1 amide bonds. The molecule has 1 aliphatic carbocycles. The first-order valence-electron chi connectivity index (χ1n) is 5.25. The molecule has 0 aliphatic heterocycles. The van der Waals surface area contributed by atoms with E-state index in [0.717, 1.165) is 6.07 Å². The average molecular weight is 246 g/mol. The van der Waals surface area contributed by atoms with Crippen LogP contribution in [0.3, 0.4) is 0 Å². The molecule has 1 saturated carbocycles. The normalized spacial score (nSPS) is 15.6. The fraction of sp³-hybridized carbons (Fsp3) is 0.273. The molecule has 0 atom stereocenters. The van der Waals surface area contributed by atoms with Gasteiger partial charge >= 0.3 is 0 Å². The van der Waals surface area contributed by atoms with Gasteiger partial charge in [0, 0.05) is 12.1 Å². The van der Waals surface area contributed by atoms with E-state index >= 15 is 0 Å². The molecular formula is C11H10N4O3. The number of hydrogen-bond donors (Lipinski definition) is 2. The molecular weight excluding hydrogens is 236 g/mol. The van der Waals surface area contributed by atoms with Crippen molar-refractivity contribution in [1.29, 1.82) is 5.26 Å².